The Morgan fingerprint density at radius 2 is 1.09 bits per heavy atom. The highest BCUT2D eigenvalue weighted by atomic mass is 35.5. The first-order chi connectivity index (χ1) is 16.3. The van der Waals surface area contributed by atoms with Crippen molar-refractivity contribution < 1.29 is 4.74 Å². The summed E-state index contributed by atoms with van der Waals surface area (Å²) in [6.07, 6.45) is 0. The highest BCUT2D eigenvalue weighted by molar-refractivity contribution is 6.31. The molecule has 0 fully saturated rings. The van der Waals surface area contributed by atoms with Gasteiger partial charge in [-0.05, 0) is 64.7 Å². The molecule has 33 heavy (non-hydrogen) atoms. The zero-order chi connectivity index (χ0) is 22.2. The molecule has 0 N–H and O–H groups in total. The van der Waals surface area contributed by atoms with Crippen molar-refractivity contribution in [2.24, 2.45) is 0 Å². The fraction of sp³-hybridized carbons (Fsp3) is 0. The second-order valence-corrected chi connectivity index (χ2v) is 8.45. The van der Waals surface area contributed by atoms with Gasteiger partial charge in [0.25, 0.3) is 0 Å². The first-order valence-electron chi connectivity index (χ1n) is 10.9. The lowest BCUT2D eigenvalue weighted by atomic mass is 10.0. The van der Waals surface area contributed by atoms with E-state index >= 15 is 0 Å². The molecule has 0 bridgehead atoms. The van der Waals surface area contributed by atoms with Crippen molar-refractivity contribution >= 4 is 28.7 Å². The van der Waals surface area contributed by atoms with E-state index in [0.717, 1.165) is 39.7 Å². The maximum absolute atomic E-state index is 6.38. The number of ether oxygens (including phenoxy) is 1. The van der Waals surface area contributed by atoms with E-state index in [2.05, 4.69) is 83.8 Å². The standard InChI is InChI=1S/C30H20ClNO/c31-25-14-18-29-28(20-25)32(26-15-11-23(12-16-26)21-7-3-1-4-8-21)27-17-13-24(19-30(27)33-29)22-9-5-2-6-10-22/h1-20H. The van der Waals surface area contributed by atoms with E-state index in [1.54, 1.807) is 0 Å². The topological polar surface area (TPSA) is 12.5 Å². The highest BCUT2D eigenvalue weighted by Crippen LogP contribution is 2.52. The van der Waals surface area contributed by atoms with Gasteiger partial charge in [0.05, 0.1) is 11.4 Å². The van der Waals surface area contributed by atoms with Crippen LogP contribution in [0.5, 0.6) is 11.5 Å². The van der Waals surface area contributed by atoms with Gasteiger partial charge in [-0.3, -0.25) is 0 Å². The van der Waals surface area contributed by atoms with Crippen LogP contribution < -0.4 is 9.64 Å². The molecule has 158 valence electrons. The molecular formula is C30H20ClNO. The maximum atomic E-state index is 6.38. The van der Waals surface area contributed by atoms with Gasteiger partial charge in [-0.1, -0.05) is 90.5 Å². The molecule has 0 amide bonds. The summed E-state index contributed by atoms with van der Waals surface area (Å²) >= 11 is 6.38. The molecule has 0 radical (unpaired) electrons. The molecule has 1 aliphatic rings. The summed E-state index contributed by atoms with van der Waals surface area (Å²) in [5.74, 6) is 1.60. The summed E-state index contributed by atoms with van der Waals surface area (Å²) in [7, 11) is 0. The fourth-order valence-electron chi connectivity index (χ4n) is 4.30. The van der Waals surface area contributed by atoms with Crippen LogP contribution in [0.4, 0.5) is 17.1 Å². The van der Waals surface area contributed by atoms with Crippen molar-refractivity contribution in [1.82, 2.24) is 0 Å². The average molecular weight is 446 g/mol. The molecule has 0 spiro atoms. The molecule has 0 aliphatic carbocycles. The van der Waals surface area contributed by atoms with Crippen LogP contribution >= 0.6 is 11.6 Å². The molecule has 0 saturated heterocycles. The number of hydrogen-bond donors (Lipinski definition) is 0. The Hall–Kier alpha value is -4.01. The molecule has 5 aromatic rings. The quantitative estimate of drug-likeness (QED) is 0.269. The third-order valence-electron chi connectivity index (χ3n) is 5.92. The van der Waals surface area contributed by atoms with Gasteiger partial charge in [-0.25, -0.2) is 0 Å². The average Bonchev–Trinajstić information content (AvgIpc) is 2.88. The van der Waals surface area contributed by atoms with Crippen LogP contribution in [0.1, 0.15) is 0 Å². The van der Waals surface area contributed by atoms with Crippen LogP contribution in [0.3, 0.4) is 0 Å². The molecule has 1 heterocycles. The number of anilines is 3. The molecule has 0 saturated carbocycles. The largest absolute Gasteiger partial charge is 0.453 e. The number of halogens is 1. The highest BCUT2D eigenvalue weighted by Gasteiger charge is 2.26. The summed E-state index contributed by atoms with van der Waals surface area (Å²) in [4.78, 5) is 2.21. The first kappa shape index (κ1) is 19.7. The number of fused-ring (bicyclic) bond motifs is 2. The third kappa shape index (κ3) is 3.65. The number of nitrogens with zero attached hydrogens (tertiary/aromatic N) is 1. The Bertz CT molecular complexity index is 1430. The van der Waals surface area contributed by atoms with Crippen LogP contribution in [0.15, 0.2) is 121 Å². The molecule has 0 unspecified atom stereocenters. The molecule has 6 rings (SSSR count). The van der Waals surface area contributed by atoms with Crippen LogP contribution in [0.2, 0.25) is 5.02 Å². The van der Waals surface area contributed by atoms with E-state index < -0.39 is 0 Å². The predicted molar refractivity (Wildman–Crippen MR) is 137 cm³/mol. The molecule has 2 nitrogen and oxygen atoms in total. The summed E-state index contributed by atoms with van der Waals surface area (Å²) < 4.78 is 6.34. The molecular weight excluding hydrogens is 426 g/mol. The smallest absolute Gasteiger partial charge is 0.152 e. The maximum Gasteiger partial charge on any atom is 0.152 e. The summed E-state index contributed by atoms with van der Waals surface area (Å²) in [5.41, 5.74) is 7.61. The predicted octanol–water partition coefficient (Wildman–Crippen LogP) is 9.25. The molecule has 0 atom stereocenters. The van der Waals surface area contributed by atoms with Crippen molar-refractivity contribution in [3.63, 3.8) is 0 Å². The minimum absolute atomic E-state index is 0.674. The molecule has 1 aliphatic heterocycles. The fourth-order valence-corrected chi connectivity index (χ4v) is 4.47. The summed E-state index contributed by atoms with van der Waals surface area (Å²) in [6.45, 7) is 0. The summed E-state index contributed by atoms with van der Waals surface area (Å²) in [6, 6.07) is 41.5. The Labute approximate surface area is 198 Å². The Balaban J connectivity index is 1.47. The van der Waals surface area contributed by atoms with Crippen molar-refractivity contribution in [1.29, 1.82) is 0 Å². The van der Waals surface area contributed by atoms with Crippen molar-refractivity contribution in [3.8, 4) is 33.8 Å². The lowest BCUT2D eigenvalue weighted by Gasteiger charge is -2.33. The molecule has 3 heteroatoms. The number of benzene rings is 5. The van der Waals surface area contributed by atoms with Gasteiger partial charge in [0.1, 0.15) is 0 Å². The van der Waals surface area contributed by atoms with E-state index in [-0.39, 0.29) is 0 Å². The van der Waals surface area contributed by atoms with Gasteiger partial charge in [0.15, 0.2) is 11.5 Å². The van der Waals surface area contributed by atoms with Crippen LogP contribution in [-0.2, 0) is 0 Å². The lowest BCUT2D eigenvalue weighted by Crippen LogP contribution is -2.15. The van der Waals surface area contributed by atoms with Gasteiger partial charge in [-0.2, -0.15) is 0 Å². The third-order valence-corrected chi connectivity index (χ3v) is 6.16. The van der Waals surface area contributed by atoms with E-state index in [1.165, 1.54) is 11.1 Å². The molecule has 5 aromatic carbocycles. The van der Waals surface area contributed by atoms with E-state index in [1.807, 2.05) is 42.5 Å². The van der Waals surface area contributed by atoms with Gasteiger partial charge in [0, 0.05) is 10.7 Å². The van der Waals surface area contributed by atoms with Crippen molar-refractivity contribution in [2.45, 2.75) is 0 Å². The van der Waals surface area contributed by atoms with Crippen molar-refractivity contribution in [2.75, 3.05) is 4.90 Å². The van der Waals surface area contributed by atoms with E-state index in [9.17, 15) is 0 Å². The summed E-state index contributed by atoms with van der Waals surface area (Å²) in [5, 5.41) is 0.674. The SMILES string of the molecule is Clc1ccc2c(c1)N(c1ccc(-c3ccccc3)cc1)c1ccc(-c3ccccc3)cc1O2. The van der Waals surface area contributed by atoms with Crippen molar-refractivity contribution in [3.05, 3.63) is 126 Å². The van der Waals surface area contributed by atoms with E-state index in [4.69, 9.17) is 16.3 Å². The zero-order valence-corrected chi connectivity index (χ0v) is 18.5. The Morgan fingerprint density at radius 1 is 0.485 bits per heavy atom. The van der Waals surface area contributed by atoms with Crippen LogP contribution in [-0.4, -0.2) is 0 Å². The van der Waals surface area contributed by atoms with Gasteiger partial charge >= 0.3 is 0 Å². The van der Waals surface area contributed by atoms with Gasteiger partial charge in [0.2, 0.25) is 0 Å². The second kappa shape index (κ2) is 8.16. The van der Waals surface area contributed by atoms with E-state index in [0.29, 0.717) is 5.02 Å². The molecule has 0 aromatic heterocycles. The Morgan fingerprint density at radius 3 is 1.79 bits per heavy atom. The number of hydrogen-bond acceptors (Lipinski definition) is 2. The zero-order valence-electron chi connectivity index (χ0n) is 17.8. The van der Waals surface area contributed by atoms with Gasteiger partial charge in [-0.15, -0.1) is 0 Å². The Kier molecular flexibility index (Phi) is 4.86. The monoisotopic (exact) mass is 445 g/mol. The number of rotatable bonds is 3. The second-order valence-electron chi connectivity index (χ2n) is 8.01. The first-order valence-corrected chi connectivity index (χ1v) is 11.3. The van der Waals surface area contributed by atoms with Gasteiger partial charge < -0.3 is 9.64 Å². The minimum atomic E-state index is 0.674. The minimum Gasteiger partial charge on any atom is -0.453 e. The normalized spacial score (nSPS) is 12.0. The lowest BCUT2D eigenvalue weighted by molar-refractivity contribution is 0.477. The van der Waals surface area contributed by atoms with Crippen LogP contribution in [0.25, 0.3) is 22.3 Å². The van der Waals surface area contributed by atoms with Crippen LogP contribution in [0, 0.1) is 0 Å².